The average molecular weight is 280 g/mol. The molecular formula is C17H32N2O. The largest absolute Gasteiger partial charge is 0.389 e. The molecule has 0 amide bonds. The van der Waals surface area contributed by atoms with Crippen LogP contribution in [0.4, 0.5) is 0 Å². The predicted octanol–water partition coefficient (Wildman–Crippen LogP) is 2.38. The minimum Gasteiger partial charge on any atom is -0.389 e. The van der Waals surface area contributed by atoms with Gasteiger partial charge in [0.15, 0.2) is 0 Å². The number of rotatable bonds is 4. The minimum absolute atomic E-state index is 0.0398. The molecule has 0 radical (unpaired) electrons. The van der Waals surface area contributed by atoms with Crippen molar-refractivity contribution in [3.8, 4) is 0 Å². The third-order valence-electron chi connectivity index (χ3n) is 6.71. The second kappa shape index (κ2) is 5.58. The van der Waals surface area contributed by atoms with Gasteiger partial charge in [-0.25, -0.2) is 0 Å². The molecule has 1 saturated heterocycles. The van der Waals surface area contributed by atoms with Gasteiger partial charge in [-0.15, -0.1) is 0 Å². The number of aliphatic hydroxyl groups is 1. The molecule has 2 bridgehead atoms. The van der Waals surface area contributed by atoms with Gasteiger partial charge >= 0.3 is 0 Å². The van der Waals surface area contributed by atoms with E-state index in [0.29, 0.717) is 12.5 Å². The molecule has 2 saturated carbocycles. The van der Waals surface area contributed by atoms with Gasteiger partial charge in [0, 0.05) is 18.5 Å². The smallest absolute Gasteiger partial charge is 0.0731 e. The lowest BCUT2D eigenvalue weighted by Gasteiger charge is -2.50. The van der Waals surface area contributed by atoms with E-state index < -0.39 is 5.60 Å². The van der Waals surface area contributed by atoms with Crippen molar-refractivity contribution in [3.63, 3.8) is 0 Å². The Hall–Kier alpha value is -0.120. The average Bonchev–Trinajstić information content (AvgIpc) is 3.00. The zero-order chi connectivity index (χ0) is 14.2. The van der Waals surface area contributed by atoms with Crippen LogP contribution in [0.5, 0.6) is 0 Å². The maximum atomic E-state index is 11.5. The number of likely N-dealkylation sites (tertiary alicyclic amines) is 1. The molecule has 0 aromatic heterocycles. The molecular weight excluding hydrogens is 248 g/mol. The lowest BCUT2D eigenvalue weighted by molar-refractivity contribution is -0.118. The molecule has 3 aliphatic rings. The summed E-state index contributed by atoms with van der Waals surface area (Å²) in [6.45, 7) is 6.33. The zero-order valence-corrected chi connectivity index (χ0v) is 13.1. The quantitative estimate of drug-likeness (QED) is 0.831. The molecule has 3 rings (SSSR count). The van der Waals surface area contributed by atoms with Gasteiger partial charge in [0.2, 0.25) is 0 Å². The van der Waals surface area contributed by atoms with Gasteiger partial charge in [0.05, 0.1) is 5.60 Å². The number of fused-ring (bicyclic) bond motifs is 2. The molecule has 2 aliphatic carbocycles. The SMILES string of the molecule is CCCN1CCCC(O)(C2(CN)CC3CCC2C3)CC1. The maximum absolute atomic E-state index is 11.5. The summed E-state index contributed by atoms with van der Waals surface area (Å²) in [7, 11) is 0. The lowest BCUT2D eigenvalue weighted by atomic mass is 9.60. The number of nitrogens with two attached hydrogens (primary N) is 1. The second-order valence-electron chi connectivity index (χ2n) is 7.67. The van der Waals surface area contributed by atoms with E-state index in [1.165, 1.54) is 38.6 Å². The molecule has 1 aliphatic heterocycles. The first-order valence-corrected chi connectivity index (χ1v) is 8.78. The van der Waals surface area contributed by atoms with Gasteiger partial charge in [0.1, 0.15) is 0 Å². The van der Waals surface area contributed by atoms with Crippen molar-refractivity contribution < 1.29 is 5.11 Å². The van der Waals surface area contributed by atoms with Crippen LogP contribution in [-0.2, 0) is 0 Å². The Morgan fingerprint density at radius 3 is 2.70 bits per heavy atom. The summed E-state index contributed by atoms with van der Waals surface area (Å²) in [4.78, 5) is 2.54. The van der Waals surface area contributed by atoms with Crippen molar-refractivity contribution >= 4 is 0 Å². The third kappa shape index (κ3) is 2.22. The van der Waals surface area contributed by atoms with Crippen LogP contribution in [0, 0.1) is 17.3 Å². The molecule has 0 aromatic carbocycles. The highest BCUT2D eigenvalue weighted by Crippen LogP contribution is 2.61. The van der Waals surface area contributed by atoms with Crippen molar-refractivity contribution in [1.29, 1.82) is 0 Å². The van der Waals surface area contributed by atoms with Crippen molar-refractivity contribution in [2.75, 3.05) is 26.2 Å². The first-order chi connectivity index (χ1) is 9.63. The van der Waals surface area contributed by atoms with Crippen molar-refractivity contribution in [3.05, 3.63) is 0 Å². The van der Waals surface area contributed by atoms with E-state index in [0.717, 1.165) is 38.3 Å². The highest BCUT2D eigenvalue weighted by atomic mass is 16.3. The van der Waals surface area contributed by atoms with Crippen LogP contribution < -0.4 is 5.73 Å². The van der Waals surface area contributed by atoms with Crippen molar-refractivity contribution in [2.45, 2.75) is 63.9 Å². The fourth-order valence-electron chi connectivity index (χ4n) is 5.67. The Morgan fingerprint density at radius 1 is 1.25 bits per heavy atom. The summed E-state index contributed by atoms with van der Waals surface area (Å²) in [6, 6.07) is 0. The molecule has 3 fully saturated rings. The highest BCUT2D eigenvalue weighted by Gasteiger charge is 2.60. The van der Waals surface area contributed by atoms with Crippen LogP contribution in [0.15, 0.2) is 0 Å². The Labute approximate surface area is 123 Å². The Kier molecular flexibility index (Phi) is 4.13. The third-order valence-corrected chi connectivity index (χ3v) is 6.71. The first-order valence-electron chi connectivity index (χ1n) is 8.78. The van der Waals surface area contributed by atoms with Crippen LogP contribution in [0.25, 0.3) is 0 Å². The van der Waals surface area contributed by atoms with Gasteiger partial charge in [-0.1, -0.05) is 13.3 Å². The predicted molar refractivity (Wildman–Crippen MR) is 82.5 cm³/mol. The highest BCUT2D eigenvalue weighted by molar-refractivity contribution is 5.11. The number of hydrogen-bond donors (Lipinski definition) is 2. The maximum Gasteiger partial charge on any atom is 0.0731 e. The summed E-state index contributed by atoms with van der Waals surface area (Å²) >= 11 is 0. The van der Waals surface area contributed by atoms with E-state index in [9.17, 15) is 5.11 Å². The van der Waals surface area contributed by atoms with Gasteiger partial charge in [0.25, 0.3) is 0 Å². The van der Waals surface area contributed by atoms with Crippen LogP contribution in [0.3, 0.4) is 0 Å². The number of hydrogen-bond acceptors (Lipinski definition) is 3. The van der Waals surface area contributed by atoms with Gasteiger partial charge < -0.3 is 15.7 Å². The molecule has 3 N–H and O–H groups in total. The summed E-state index contributed by atoms with van der Waals surface area (Å²) in [5.74, 6) is 1.54. The summed E-state index contributed by atoms with van der Waals surface area (Å²) < 4.78 is 0. The zero-order valence-electron chi connectivity index (χ0n) is 13.1. The van der Waals surface area contributed by atoms with E-state index >= 15 is 0 Å². The number of nitrogens with zero attached hydrogens (tertiary/aromatic N) is 1. The van der Waals surface area contributed by atoms with E-state index in [4.69, 9.17) is 5.73 Å². The molecule has 0 spiro atoms. The van der Waals surface area contributed by atoms with E-state index in [2.05, 4.69) is 11.8 Å². The molecule has 3 nitrogen and oxygen atoms in total. The standard InChI is InChI=1S/C17H32N2O/c1-2-8-19-9-3-6-17(20,7-10-19)16(13-18)12-14-4-5-15(16)11-14/h14-15,20H,2-13,18H2,1H3. The van der Waals surface area contributed by atoms with Crippen LogP contribution in [-0.4, -0.2) is 41.8 Å². The van der Waals surface area contributed by atoms with E-state index in [-0.39, 0.29) is 5.41 Å². The normalized spacial score (nSPS) is 45.8. The van der Waals surface area contributed by atoms with E-state index in [1.54, 1.807) is 0 Å². The monoisotopic (exact) mass is 280 g/mol. The van der Waals surface area contributed by atoms with Crippen LogP contribution in [0.1, 0.15) is 58.3 Å². The molecule has 4 atom stereocenters. The van der Waals surface area contributed by atoms with Crippen molar-refractivity contribution in [1.82, 2.24) is 4.90 Å². The molecule has 3 heteroatoms. The molecule has 4 unspecified atom stereocenters. The van der Waals surface area contributed by atoms with Gasteiger partial charge in [-0.05, 0) is 69.9 Å². The Balaban J connectivity index is 1.77. The van der Waals surface area contributed by atoms with E-state index in [1.807, 2.05) is 0 Å². The molecule has 0 aromatic rings. The van der Waals surface area contributed by atoms with Crippen LogP contribution >= 0.6 is 0 Å². The van der Waals surface area contributed by atoms with Gasteiger partial charge in [-0.2, -0.15) is 0 Å². The van der Waals surface area contributed by atoms with Crippen molar-refractivity contribution in [2.24, 2.45) is 23.0 Å². The molecule has 116 valence electrons. The first kappa shape index (κ1) is 14.8. The summed E-state index contributed by atoms with van der Waals surface area (Å²) in [5, 5.41) is 11.5. The van der Waals surface area contributed by atoms with Crippen LogP contribution in [0.2, 0.25) is 0 Å². The fourth-order valence-corrected chi connectivity index (χ4v) is 5.67. The second-order valence-corrected chi connectivity index (χ2v) is 7.67. The Morgan fingerprint density at radius 2 is 2.10 bits per heavy atom. The topological polar surface area (TPSA) is 49.5 Å². The lowest BCUT2D eigenvalue weighted by Crippen LogP contribution is -2.56. The summed E-state index contributed by atoms with van der Waals surface area (Å²) in [5.41, 5.74) is 5.79. The molecule has 1 heterocycles. The fraction of sp³-hybridized carbons (Fsp3) is 1.00. The minimum atomic E-state index is -0.496. The molecule has 20 heavy (non-hydrogen) atoms. The summed E-state index contributed by atoms with van der Waals surface area (Å²) in [6.07, 6.45) is 9.46. The van der Waals surface area contributed by atoms with Gasteiger partial charge in [-0.3, -0.25) is 0 Å². The Bertz CT molecular complexity index is 348.